The minimum atomic E-state index is -1.15. The summed E-state index contributed by atoms with van der Waals surface area (Å²) < 4.78 is 10.4. The van der Waals surface area contributed by atoms with Crippen molar-refractivity contribution in [1.29, 1.82) is 0 Å². The predicted molar refractivity (Wildman–Crippen MR) is 80.2 cm³/mol. The highest BCUT2D eigenvalue weighted by Crippen LogP contribution is 2.21. The fourth-order valence-corrected chi connectivity index (χ4v) is 1.60. The molecular formula is C15H21NO6. The Morgan fingerprint density at radius 2 is 1.77 bits per heavy atom. The second-order valence-corrected chi connectivity index (χ2v) is 5.53. The first-order valence-corrected chi connectivity index (χ1v) is 6.79. The van der Waals surface area contributed by atoms with Gasteiger partial charge in [-0.15, -0.1) is 0 Å². The van der Waals surface area contributed by atoms with Crippen molar-refractivity contribution in [2.24, 2.45) is 0 Å². The molecule has 0 saturated heterocycles. The number of carbonyl (C=O) groups is 2. The summed E-state index contributed by atoms with van der Waals surface area (Å²) in [6, 6.07) is 6.29. The summed E-state index contributed by atoms with van der Waals surface area (Å²) in [6.45, 7) is 4.65. The van der Waals surface area contributed by atoms with Gasteiger partial charge < -0.3 is 19.7 Å². The maximum atomic E-state index is 12.1. The molecule has 0 bridgehead atoms. The second-order valence-electron chi connectivity index (χ2n) is 5.53. The van der Waals surface area contributed by atoms with Gasteiger partial charge in [-0.1, -0.05) is 0 Å². The molecule has 2 N–H and O–H groups in total. The molecule has 7 heteroatoms. The highest BCUT2D eigenvalue weighted by atomic mass is 16.6. The lowest BCUT2D eigenvalue weighted by atomic mass is 10.2. The van der Waals surface area contributed by atoms with E-state index < -0.39 is 24.2 Å². The largest absolute Gasteiger partial charge is 0.491 e. The zero-order chi connectivity index (χ0) is 16.8. The van der Waals surface area contributed by atoms with Crippen LogP contribution in [0.3, 0.4) is 0 Å². The Hall–Kier alpha value is -2.28. The number of hydrogen-bond acceptors (Lipinski definition) is 5. The molecule has 122 valence electrons. The van der Waals surface area contributed by atoms with Crippen LogP contribution in [0.4, 0.5) is 10.5 Å². The van der Waals surface area contributed by atoms with Gasteiger partial charge in [-0.2, -0.15) is 0 Å². The number of carbonyl (C=O) groups excluding carboxylic acids is 1. The van der Waals surface area contributed by atoms with Crippen molar-refractivity contribution in [1.82, 2.24) is 0 Å². The van der Waals surface area contributed by atoms with E-state index in [2.05, 4.69) is 0 Å². The summed E-state index contributed by atoms with van der Waals surface area (Å²) in [5, 5.41) is 17.7. The average molecular weight is 311 g/mol. The number of aliphatic hydroxyl groups is 1. The number of carboxylic acid groups (broad SMARTS) is 1. The van der Waals surface area contributed by atoms with Gasteiger partial charge in [-0.3, -0.25) is 9.69 Å². The molecule has 0 saturated carbocycles. The number of hydrogen-bond donors (Lipinski definition) is 2. The lowest BCUT2D eigenvalue weighted by Crippen LogP contribution is -2.40. The van der Waals surface area contributed by atoms with Crippen LogP contribution in [0.15, 0.2) is 24.3 Å². The van der Waals surface area contributed by atoms with E-state index in [0.29, 0.717) is 11.4 Å². The topological polar surface area (TPSA) is 96.3 Å². The van der Waals surface area contributed by atoms with Gasteiger partial charge in [-0.05, 0) is 45.0 Å². The Labute approximate surface area is 129 Å². The third-order valence-electron chi connectivity index (χ3n) is 2.42. The van der Waals surface area contributed by atoms with Crippen molar-refractivity contribution in [3.8, 4) is 5.75 Å². The summed E-state index contributed by atoms with van der Waals surface area (Å²) in [6.07, 6.45) is -0.737. The van der Waals surface area contributed by atoms with Gasteiger partial charge in [0.15, 0.2) is 0 Å². The Bertz CT molecular complexity index is 506. The van der Waals surface area contributed by atoms with E-state index in [1.807, 2.05) is 0 Å². The summed E-state index contributed by atoms with van der Waals surface area (Å²) in [5.41, 5.74) is -0.342. The number of nitrogens with zero attached hydrogens (tertiary/aromatic N) is 1. The molecule has 1 amide bonds. The highest BCUT2D eigenvalue weighted by molar-refractivity contribution is 5.93. The van der Waals surface area contributed by atoms with Crippen LogP contribution in [-0.2, 0) is 9.53 Å². The van der Waals surface area contributed by atoms with Crippen LogP contribution >= 0.6 is 0 Å². The number of aliphatic carboxylic acids is 1. The van der Waals surface area contributed by atoms with Crippen molar-refractivity contribution in [2.45, 2.75) is 26.4 Å². The van der Waals surface area contributed by atoms with E-state index in [-0.39, 0.29) is 13.2 Å². The maximum Gasteiger partial charge on any atom is 0.415 e. The molecule has 0 heterocycles. The summed E-state index contributed by atoms with van der Waals surface area (Å²) in [5.74, 6) is -0.635. The first-order chi connectivity index (χ1) is 10.2. The molecule has 0 spiro atoms. The molecule has 1 rings (SSSR count). The van der Waals surface area contributed by atoms with Crippen molar-refractivity contribution in [3.63, 3.8) is 0 Å². The van der Waals surface area contributed by atoms with Gasteiger partial charge in [-0.25, -0.2) is 4.79 Å². The first-order valence-electron chi connectivity index (χ1n) is 6.79. The van der Waals surface area contributed by atoms with Gasteiger partial charge in [0.05, 0.1) is 6.61 Å². The lowest BCUT2D eigenvalue weighted by molar-refractivity contribution is -0.135. The van der Waals surface area contributed by atoms with E-state index in [9.17, 15) is 9.59 Å². The monoisotopic (exact) mass is 311 g/mol. The standard InChI is InChI=1S/C15H21NO6/c1-15(2,3)22-14(20)16(10-13(18)19)11-4-6-12(7-5-11)21-9-8-17/h4-7,17H,8-10H2,1-3H3,(H,18,19). The Balaban J connectivity index is 2.91. The number of amides is 1. The highest BCUT2D eigenvalue weighted by Gasteiger charge is 2.25. The quantitative estimate of drug-likeness (QED) is 0.832. The van der Waals surface area contributed by atoms with Crippen molar-refractivity contribution < 1.29 is 29.3 Å². The molecule has 0 aliphatic rings. The minimum Gasteiger partial charge on any atom is -0.491 e. The van der Waals surface area contributed by atoms with Crippen LogP contribution in [0.1, 0.15) is 20.8 Å². The van der Waals surface area contributed by atoms with Gasteiger partial charge in [0.25, 0.3) is 0 Å². The molecule has 0 aliphatic heterocycles. The Kier molecular flexibility index (Phi) is 6.18. The Morgan fingerprint density at radius 3 is 2.23 bits per heavy atom. The molecule has 7 nitrogen and oxygen atoms in total. The molecule has 22 heavy (non-hydrogen) atoms. The molecule has 0 aromatic heterocycles. The molecule has 1 aromatic rings. The molecule has 0 atom stereocenters. The molecule has 0 fully saturated rings. The lowest BCUT2D eigenvalue weighted by Gasteiger charge is -2.26. The van der Waals surface area contributed by atoms with Gasteiger partial charge in [0.1, 0.15) is 24.5 Å². The zero-order valence-corrected chi connectivity index (χ0v) is 12.9. The number of ether oxygens (including phenoxy) is 2. The number of aliphatic hydroxyl groups excluding tert-OH is 1. The summed E-state index contributed by atoms with van der Waals surface area (Å²) >= 11 is 0. The Morgan fingerprint density at radius 1 is 1.18 bits per heavy atom. The van der Waals surface area contributed by atoms with Crippen molar-refractivity contribution >= 4 is 17.7 Å². The number of rotatable bonds is 6. The maximum absolute atomic E-state index is 12.1. The smallest absolute Gasteiger partial charge is 0.415 e. The van der Waals surface area contributed by atoms with Crippen LogP contribution in [0.2, 0.25) is 0 Å². The van der Waals surface area contributed by atoms with Crippen LogP contribution in [-0.4, -0.2) is 47.6 Å². The SMILES string of the molecule is CC(C)(C)OC(=O)N(CC(=O)O)c1ccc(OCCO)cc1. The fraction of sp³-hybridized carbons (Fsp3) is 0.467. The molecule has 0 unspecified atom stereocenters. The van der Waals surface area contributed by atoms with Crippen LogP contribution in [0, 0.1) is 0 Å². The van der Waals surface area contributed by atoms with Gasteiger partial charge >= 0.3 is 12.1 Å². The van der Waals surface area contributed by atoms with Crippen LogP contribution in [0.5, 0.6) is 5.75 Å². The number of carboxylic acids is 1. The summed E-state index contributed by atoms with van der Waals surface area (Å²) in [7, 11) is 0. The summed E-state index contributed by atoms with van der Waals surface area (Å²) in [4.78, 5) is 24.1. The normalized spacial score (nSPS) is 10.9. The second kappa shape index (κ2) is 7.65. The first kappa shape index (κ1) is 17.8. The molecular weight excluding hydrogens is 290 g/mol. The predicted octanol–water partition coefficient (Wildman–Crippen LogP) is 1.88. The van der Waals surface area contributed by atoms with E-state index in [4.69, 9.17) is 19.7 Å². The van der Waals surface area contributed by atoms with E-state index >= 15 is 0 Å². The third kappa shape index (κ3) is 6.01. The van der Waals surface area contributed by atoms with E-state index in [1.165, 1.54) is 0 Å². The van der Waals surface area contributed by atoms with Crippen molar-refractivity contribution in [3.05, 3.63) is 24.3 Å². The zero-order valence-electron chi connectivity index (χ0n) is 12.9. The third-order valence-corrected chi connectivity index (χ3v) is 2.42. The van der Waals surface area contributed by atoms with E-state index in [0.717, 1.165) is 4.90 Å². The molecule has 1 aromatic carbocycles. The van der Waals surface area contributed by atoms with Gasteiger partial charge in [0, 0.05) is 5.69 Å². The molecule has 0 aliphatic carbocycles. The van der Waals surface area contributed by atoms with E-state index in [1.54, 1.807) is 45.0 Å². The van der Waals surface area contributed by atoms with Crippen LogP contribution in [0.25, 0.3) is 0 Å². The average Bonchev–Trinajstić information content (AvgIpc) is 2.41. The number of benzene rings is 1. The van der Waals surface area contributed by atoms with Crippen LogP contribution < -0.4 is 9.64 Å². The number of anilines is 1. The fourth-order valence-electron chi connectivity index (χ4n) is 1.60. The van der Waals surface area contributed by atoms with Gasteiger partial charge in [0.2, 0.25) is 0 Å². The minimum absolute atomic E-state index is 0.106. The molecule has 0 radical (unpaired) electrons. The van der Waals surface area contributed by atoms with Crippen molar-refractivity contribution in [2.75, 3.05) is 24.7 Å².